The van der Waals surface area contributed by atoms with Crippen LogP contribution in [0.2, 0.25) is 5.02 Å². The van der Waals surface area contributed by atoms with Crippen molar-refractivity contribution in [2.24, 2.45) is 0 Å². The van der Waals surface area contributed by atoms with Crippen LogP contribution in [0, 0.1) is 0 Å². The Kier molecular flexibility index (Phi) is 10.3. The van der Waals surface area contributed by atoms with Gasteiger partial charge in [0.1, 0.15) is 0 Å². The number of carbonyl (C=O) groups excluding carboxylic acids is 1. The molecule has 4 aromatic rings. The third kappa shape index (κ3) is 7.30. The van der Waals surface area contributed by atoms with Crippen molar-refractivity contribution >= 4 is 56.3 Å². The highest BCUT2D eigenvalue weighted by molar-refractivity contribution is 7.92. The summed E-state index contributed by atoms with van der Waals surface area (Å²) in [5.41, 5.74) is 4.23. The molecule has 0 bridgehead atoms. The predicted molar refractivity (Wildman–Crippen MR) is 170 cm³/mol. The number of carbonyl (C=O) groups is 2. The predicted octanol–water partition coefficient (Wildman–Crippen LogP) is 4.15. The number of sulfonamides is 1. The molecule has 12 heteroatoms. The number of aliphatic hydroxyl groups excluding tert-OH is 1. The molecule has 0 aliphatic carbocycles. The van der Waals surface area contributed by atoms with Crippen molar-refractivity contribution in [3.8, 4) is 0 Å². The van der Waals surface area contributed by atoms with E-state index in [-0.39, 0.29) is 18.8 Å². The van der Waals surface area contributed by atoms with E-state index in [0.29, 0.717) is 41.3 Å². The maximum Gasteiger partial charge on any atom is 0.290 e. The molecule has 228 valence electrons. The lowest BCUT2D eigenvalue weighted by Gasteiger charge is -2.26. The summed E-state index contributed by atoms with van der Waals surface area (Å²) in [5, 5.41) is 25.7. The fourth-order valence-corrected chi connectivity index (χ4v) is 6.61. The first kappa shape index (κ1) is 31.9. The quantitative estimate of drug-likeness (QED) is 0.205. The van der Waals surface area contributed by atoms with Crippen molar-refractivity contribution in [2.75, 3.05) is 29.0 Å². The molecule has 1 aliphatic rings. The van der Waals surface area contributed by atoms with Crippen LogP contribution in [0.15, 0.2) is 72.9 Å². The summed E-state index contributed by atoms with van der Waals surface area (Å²) in [7, 11) is -1.99. The average molecular weight is 627 g/mol. The molecule has 0 spiro atoms. The van der Waals surface area contributed by atoms with E-state index in [0.717, 1.165) is 22.0 Å². The summed E-state index contributed by atoms with van der Waals surface area (Å²) >= 11 is 6.27. The van der Waals surface area contributed by atoms with Crippen LogP contribution >= 0.6 is 11.6 Å². The molecule has 10 nitrogen and oxygen atoms in total. The van der Waals surface area contributed by atoms with Crippen molar-refractivity contribution in [3.05, 3.63) is 94.6 Å². The van der Waals surface area contributed by atoms with Crippen molar-refractivity contribution in [2.45, 2.75) is 38.5 Å². The van der Waals surface area contributed by atoms with E-state index in [1.807, 2.05) is 66.2 Å². The Morgan fingerprint density at radius 2 is 1.79 bits per heavy atom. The number of aliphatic hydroxyl groups is 1. The fourth-order valence-electron chi connectivity index (χ4n) is 5.21. The third-order valence-corrected chi connectivity index (χ3v) is 9.56. The van der Waals surface area contributed by atoms with E-state index in [1.165, 1.54) is 11.4 Å². The van der Waals surface area contributed by atoms with Crippen LogP contribution in [0.1, 0.15) is 28.4 Å². The van der Waals surface area contributed by atoms with Crippen LogP contribution in [0.4, 0.5) is 11.4 Å². The number of hydrogen-bond acceptors (Lipinski definition) is 6. The SMILES string of the molecule is CCn1cc2c3c(cc(C(=O)N[C@@H](Cc4ccccc4)[C@H](O)CNc4ccccc4Cl)cc31)N(C)S(=O)(=O)CC2.O=CO. The lowest BCUT2D eigenvalue weighted by Crippen LogP contribution is -2.47. The van der Waals surface area contributed by atoms with E-state index in [1.54, 1.807) is 18.2 Å². The molecule has 5 rings (SSSR count). The van der Waals surface area contributed by atoms with Crippen LogP contribution in [0.5, 0.6) is 0 Å². The minimum atomic E-state index is -3.52. The zero-order valence-electron chi connectivity index (χ0n) is 23.9. The molecule has 0 fully saturated rings. The number of aromatic nitrogens is 1. The summed E-state index contributed by atoms with van der Waals surface area (Å²) in [6, 6.07) is 19.7. The molecule has 43 heavy (non-hydrogen) atoms. The first-order valence-electron chi connectivity index (χ1n) is 13.8. The van der Waals surface area contributed by atoms with Gasteiger partial charge in [0.2, 0.25) is 10.0 Å². The highest BCUT2D eigenvalue weighted by Gasteiger charge is 2.29. The van der Waals surface area contributed by atoms with Crippen LogP contribution in [0.25, 0.3) is 10.9 Å². The van der Waals surface area contributed by atoms with Crippen molar-refractivity contribution in [3.63, 3.8) is 0 Å². The lowest BCUT2D eigenvalue weighted by molar-refractivity contribution is -0.122. The Hall–Kier alpha value is -4.06. The molecule has 3 aromatic carbocycles. The number of anilines is 2. The molecule has 4 N–H and O–H groups in total. The van der Waals surface area contributed by atoms with Crippen LogP contribution < -0.4 is 14.9 Å². The van der Waals surface area contributed by atoms with Gasteiger partial charge in [-0.3, -0.25) is 13.9 Å². The molecule has 2 atom stereocenters. The highest BCUT2D eigenvalue weighted by atomic mass is 35.5. The van der Waals surface area contributed by atoms with Gasteiger partial charge in [-0.05, 0) is 55.2 Å². The minimum absolute atomic E-state index is 0.00626. The number of nitrogens with one attached hydrogen (secondary N) is 2. The molecule has 0 radical (unpaired) electrons. The number of halogens is 1. The summed E-state index contributed by atoms with van der Waals surface area (Å²) in [4.78, 5) is 22.1. The topological polar surface area (TPSA) is 141 Å². The second-order valence-electron chi connectivity index (χ2n) is 10.2. The highest BCUT2D eigenvalue weighted by Crippen LogP contribution is 2.37. The molecule has 1 amide bonds. The number of rotatable bonds is 9. The Morgan fingerprint density at radius 1 is 1.12 bits per heavy atom. The molecular formula is C31H35ClN4O6S. The van der Waals surface area contributed by atoms with Gasteiger partial charge in [0.15, 0.2) is 0 Å². The Balaban J connectivity index is 0.00000135. The molecule has 1 aromatic heterocycles. The first-order valence-corrected chi connectivity index (χ1v) is 15.8. The van der Waals surface area contributed by atoms with Gasteiger partial charge in [-0.1, -0.05) is 54.1 Å². The largest absolute Gasteiger partial charge is 0.483 e. The van der Waals surface area contributed by atoms with Crippen LogP contribution in [0.3, 0.4) is 0 Å². The van der Waals surface area contributed by atoms with Gasteiger partial charge in [0.25, 0.3) is 12.4 Å². The molecule has 0 saturated carbocycles. The Labute approximate surface area is 255 Å². The van der Waals surface area contributed by atoms with Crippen LogP contribution in [-0.4, -0.2) is 67.1 Å². The first-order chi connectivity index (χ1) is 20.6. The van der Waals surface area contributed by atoms with Gasteiger partial charge < -0.3 is 25.4 Å². The van der Waals surface area contributed by atoms with E-state index in [4.69, 9.17) is 21.5 Å². The van der Waals surface area contributed by atoms with E-state index in [2.05, 4.69) is 10.6 Å². The summed E-state index contributed by atoms with van der Waals surface area (Å²) < 4.78 is 29.1. The maximum atomic E-state index is 13.7. The molecule has 0 unspecified atom stereocenters. The smallest absolute Gasteiger partial charge is 0.290 e. The standard InChI is InChI=1S/C30H33ClN4O4S.CH2O2/c1-3-35-19-21-13-14-40(38,39)34(2)26-16-22(17-27(35)29(21)26)30(37)33-25(15-20-9-5-4-6-10-20)28(36)18-32-24-12-8-7-11-23(24)31;2-1-3/h4-12,16-17,19,25,28,32,36H,3,13-15,18H2,1-2H3,(H,33,37);1H,(H,2,3)/t25-,28+;/m0./s1. The molecule has 0 saturated heterocycles. The summed E-state index contributed by atoms with van der Waals surface area (Å²) in [6.45, 7) is 2.61. The summed E-state index contributed by atoms with van der Waals surface area (Å²) in [6.07, 6.45) is 1.85. The van der Waals surface area contributed by atoms with Crippen molar-refractivity contribution in [1.82, 2.24) is 9.88 Å². The van der Waals surface area contributed by atoms with Gasteiger partial charge in [0, 0.05) is 37.3 Å². The minimum Gasteiger partial charge on any atom is -0.483 e. The fraction of sp³-hybridized carbons (Fsp3) is 0.290. The van der Waals surface area contributed by atoms with E-state index >= 15 is 0 Å². The number of benzene rings is 3. The number of carboxylic acid groups (broad SMARTS) is 1. The van der Waals surface area contributed by atoms with Gasteiger partial charge in [-0.15, -0.1) is 0 Å². The van der Waals surface area contributed by atoms with Gasteiger partial charge in [-0.25, -0.2) is 8.42 Å². The van der Waals surface area contributed by atoms with Gasteiger partial charge in [0.05, 0.1) is 39.8 Å². The van der Waals surface area contributed by atoms with Crippen molar-refractivity contribution < 1.29 is 28.2 Å². The second-order valence-corrected chi connectivity index (χ2v) is 12.7. The average Bonchev–Trinajstić information content (AvgIpc) is 3.33. The Bertz CT molecular complexity index is 1690. The zero-order valence-corrected chi connectivity index (χ0v) is 25.5. The number of para-hydroxylation sites is 1. The Morgan fingerprint density at radius 3 is 2.47 bits per heavy atom. The number of amides is 1. The number of nitrogens with zero attached hydrogens (tertiary/aromatic N) is 2. The lowest BCUT2D eigenvalue weighted by atomic mass is 10.00. The zero-order chi connectivity index (χ0) is 31.1. The van der Waals surface area contributed by atoms with Crippen LogP contribution in [-0.2, 0) is 34.2 Å². The third-order valence-electron chi connectivity index (χ3n) is 7.48. The number of hydrogen-bond donors (Lipinski definition) is 4. The normalized spacial score (nSPS) is 15.0. The van der Waals surface area contributed by atoms with Gasteiger partial charge >= 0.3 is 0 Å². The molecule has 2 heterocycles. The molecular weight excluding hydrogens is 592 g/mol. The maximum absolute atomic E-state index is 13.7. The molecule has 1 aliphatic heterocycles. The summed E-state index contributed by atoms with van der Waals surface area (Å²) in [5.74, 6) is -0.386. The van der Waals surface area contributed by atoms with E-state index in [9.17, 15) is 18.3 Å². The van der Waals surface area contributed by atoms with Gasteiger partial charge in [-0.2, -0.15) is 0 Å². The number of aryl methyl sites for hydroxylation is 2. The monoisotopic (exact) mass is 626 g/mol. The van der Waals surface area contributed by atoms with E-state index < -0.39 is 28.1 Å². The van der Waals surface area contributed by atoms with Crippen molar-refractivity contribution in [1.29, 1.82) is 0 Å². The second kappa shape index (κ2) is 13.9.